The van der Waals surface area contributed by atoms with Crippen LogP contribution in [-0.4, -0.2) is 6.29 Å². The van der Waals surface area contributed by atoms with Crippen LogP contribution >= 0.6 is 0 Å². The van der Waals surface area contributed by atoms with E-state index in [1.165, 1.54) is 11.1 Å². The summed E-state index contributed by atoms with van der Waals surface area (Å²) in [7, 11) is 0. The summed E-state index contributed by atoms with van der Waals surface area (Å²) in [5.41, 5.74) is 2.64. The summed E-state index contributed by atoms with van der Waals surface area (Å²) in [5, 5.41) is 0. The van der Waals surface area contributed by atoms with Crippen LogP contribution in [0.25, 0.3) is 0 Å². The minimum absolute atomic E-state index is 0.172. The van der Waals surface area contributed by atoms with Gasteiger partial charge < -0.3 is 9.47 Å². The Kier molecular flexibility index (Phi) is 6.82. The lowest BCUT2D eigenvalue weighted by Gasteiger charge is -2.24. The molecule has 0 atom stereocenters. The molecule has 0 aliphatic carbocycles. The maximum Gasteiger partial charge on any atom is 0.158 e. The van der Waals surface area contributed by atoms with Crippen LogP contribution < -0.4 is 0 Å². The monoisotopic (exact) mass is 312 g/mol. The van der Waals surface area contributed by atoms with Crippen LogP contribution in [0.5, 0.6) is 0 Å². The molecule has 0 aromatic heterocycles. The molecule has 0 saturated heterocycles. The first-order chi connectivity index (χ1) is 11.0. The molecule has 0 amide bonds. The molecule has 0 bridgehead atoms. The summed E-state index contributed by atoms with van der Waals surface area (Å²) < 4.78 is 12.0. The summed E-state index contributed by atoms with van der Waals surface area (Å²) in [4.78, 5) is 0. The Morgan fingerprint density at radius 3 is 1.57 bits per heavy atom. The molecule has 0 saturated carbocycles. The van der Waals surface area contributed by atoms with Crippen molar-refractivity contribution >= 4 is 0 Å². The van der Waals surface area contributed by atoms with Crippen molar-refractivity contribution in [3.8, 4) is 0 Å². The predicted molar refractivity (Wildman–Crippen MR) is 94.9 cm³/mol. The van der Waals surface area contributed by atoms with E-state index >= 15 is 0 Å². The van der Waals surface area contributed by atoms with E-state index in [1.807, 2.05) is 36.4 Å². The zero-order chi connectivity index (χ0) is 16.5. The van der Waals surface area contributed by atoms with Gasteiger partial charge in [-0.1, -0.05) is 81.4 Å². The van der Waals surface area contributed by atoms with Crippen molar-refractivity contribution in [1.82, 2.24) is 0 Å². The maximum absolute atomic E-state index is 6.02. The fourth-order valence-corrected chi connectivity index (χ4v) is 2.29. The van der Waals surface area contributed by atoms with Gasteiger partial charge in [-0.3, -0.25) is 0 Å². The van der Waals surface area contributed by atoms with Crippen molar-refractivity contribution in [1.29, 1.82) is 0 Å². The highest BCUT2D eigenvalue weighted by atomic mass is 16.7. The number of hydrogen-bond donors (Lipinski definition) is 0. The van der Waals surface area contributed by atoms with Crippen LogP contribution in [0.2, 0.25) is 0 Å². The Balaban J connectivity index is 1.88. The van der Waals surface area contributed by atoms with Gasteiger partial charge in [-0.2, -0.15) is 0 Å². The van der Waals surface area contributed by atoms with Gasteiger partial charge in [0, 0.05) is 0 Å². The van der Waals surface area contributed by atoms with Gasteiger partial charge in [0.25, 0.3) is 0 Å². The fraction of sp³-hybridized carbons (Fsp3) is 0.429. The summed E-state index contributed by atoms with van der Waals surface area (Å²) in [6.45, 7) is 7.92. The minimum Gasteiger partial charge on any atom is -0.348 e. The van der Waals surface area contributed by atoms with E-state index in [0.717, 1.165) is 12.8 Å². The fourth-order valence-electron chi connectivity index (χ4n) is 2.29. The Morgan fingerprint density at radius 2 is 1.17 bits per heavy atom. The standard InChI is InChI=1S/C21H28O2/c1-21(2,3)15-14-20(22-16-18-10-6-4-7-11-18)23-17-19-12-8-5-9-13-19/h4-13,20H,14-17H2,1-3H3. The molecule has 0 spiro atoms. The number of benzene rings is 2. The molecule has 23 heavy (non-hydrogen) atoms. The van der Waals surface area contributed by atoms with Crippen molar-refractivity contribution in [2.75, 3.05) is 0 Å². The summed E-state index contributed by atoms with van der Waals surface area (Å²) >= 11 is 0. The molecule has 2 rings (SSSR count). The normalized spacial score (nSPS) is 11.8. The first-order valence-corrected chi connectivity index (χ1v) is 8.34. The molecular formula is C21H28O2. The summed E-state index contributed by atoms with van der Waals surface area (Å²) in [5.74, 6) is 0. The highest BCUT2D eigenvalue weighted by Crippen LogP contribution is 2.23. The third-order valence-corrected chi connectivity index (χ3v) is 3.69. The molecular weight excluding hydrogens is 284 g/mol. The Morgan fingerprint density at radius 1 is 0.739 bits per heavy atom. The quantitative estimate of drug-likeness (QED) is 0.593. The van der Waals surface area contributed by atoms with Crippen molar-refractivity contribution in [2.24, 2.45) is 5.41 Å². The molecule has 0 aliphatic heterocycles. The van der Waals surface area contributed by atoms with Gasteiger partial charge in [-0.05, 0) is 29.4 Å². The zero-order valence-corrected chi connectivity index (χ0v) is 14.5. The largest absolute Gasteiger partial charge is 0.348 e. The third-order valence-electron chi connectivity index (χ3n) is 3.69. The van der Waals surface area contributed by atoms with Crippen molar-refractivity contribution < 1.29 is 9.47 Å². The van der Waals surface area contributed by atoms with E-state index in [2.05, 4.69) is 45.0 Å². The molecule has 0 aliphatic rings. The van der Waals surface area contributed by atoms with E-state index < -0.39 is 0 Å². The van der Waals surface area contributed by atoms with Gasteiger partial charge >= 0.3 is 0 Å². The molecule has 2 aromatic rings. The average Bonchev–Trinajstić information content (AvgIpc) is 2.55. The van der Waals surface area contributed by atoms with Crippen LogP contribution in [0.1, 0.15) is 44.7 Å². The van der Waals surface area contributed by atoms with Crippen LogP contribution in [0.15, 0.2) is 60.7 Å². The molecule has 0 radical (unpaired) electrons. The molecule has 0 unspecified atom stereocenters. The van der Waals surface area contributed by atoms with Gasteiger partial charge in [0.15, 0.2) is 6.29 Å². The van der Waals surface area contributed by atoms with E-state index in [9.17, 15) is 0 Å². The van der Waals surface area contributed by atoms with Gasteiger partial charge in [0.2, 0.25) is 0 Å². The number of hydrogen-bond acceptors (Lipinski definition) is 2. The first kappa shape index (κ1) is 17.7. The molecule has 0 fully saturated rings. The summed E-state index contributed by atoms with van der Waals surface area (Å²) in [6, 6.07) is 20.5. The van der Waals surface area contributed by atoms with Crippen LogP contribution in [0, 0.1) is 5.41 Å². The van der Waals surface area contributed by atoms with Gasteiger partial charge in [-0.25, -0.2) is 0 Å². The first-order valence-electron chi connectivity index (χ1n) is 8.34. The lowest BCUT2D eigenvalue weighted by atomic mass is 9.90. The second-order valence-corrected chi connectivity index (χ2v) is 7.12. The maximum atomic E-state index is 6.02. The highest BCUT2D eigenvalue weighted by Gasteiger charge is 2.16. The topological polar surface area (TPSA) is 18.5 Å². The average molecular weight is 312 g/mol. The van der Waals surface area contributed by atoms with E-state index in [-0.39, 0.29) is 11.7 Å². The van der Waals surface area contributed by atoms with Gasteiger partial charge in [0.1, 0.15) is 0 Å². The van der Waals surface area contributed by atoms with Gasteiger partial charge in [-0.15, -0.1) is 0 Å². The molecule has 2 nitrogen and oxygen atoms in total. The second-order valence-electron chi connectivity index (χ2n) is 7.12. The van der Waals surface area contributed by atoms with Crippen LogP contribution in [0.4, 0.5) is 0 Å². The molecule has 0 N–H and O–H groups in total. The Bertz CT molecular complexity index is 500. The molecule has 2 aromatic carbocycles. The number of ether oxygens (including phenoxy) is 2. The minimum atomic E-state index is -0.172. The van der Waals surface area contributed by atoms with Crippen molar-refractivity contribution in [3.05, 3.63) is 71.8 Å². The molecule has 0 heterocycles. The Labute approximate surface area is 140 Å². The van der Waals surface area contributed by atoms with Gasteiger partial charge in [0.05, 0.1) is 13.2 Å². The van der Waals surface area contributed by atoms with E-state index in [1.54, 1.807) is 0 Å². The van der Waals surface area contributed by atoms with Crippen molar-refractivity contribution in [2.45, 2.75) is 53.1 Å². The van der Waals surface area contributed by atoms with Crippen LogP contribution in [-0.2, 0) is 22.7 Å². The van der Waals surface area contributed by atoms with Crippen LogP contribution in [0.3, 0.4) is 0 Å². The molecule has 124 valence electrons. The van der Waals surface area contributed by atoms with Crippen molar-refractivity contribution in [3.63, 3.8) is 0 Å². The SMILES string of the molecule is CC(C)(C)CCC(OCc1ccccc1)OCc1ccccc1. The lowest BCUT2D eigenvalue weighted by Crippen LogP contribution is -2.20. The Hall–Kier alpha value is -1.64. The van der Waals surface area contributed by atoms with E-state index in [4.69, 9.17) is 9.47 Å². The zero-order valence-electron chi connectivity index (χ0n) is 14.5. The molecule has 2 heteroatoms. The lowest BCUT2D eigenvalue weighted by molar-refractivity contribution is -0.163. The smallest absolute Gasteiger partial charge is 0.158 e. The highest BCUT2D eigenvalue weighted by molar-refractivity contribution is 5.14. The predicted octanol–water partition coefficient (Wildman–Crippen LogP) is 5.57. The number of rotatable bonds is 8. The second kappa shape index (κ2) is 8.85. The summed E-state index contributed by atoms with van der Waals surface area (Å²) in [6.07, 6.45) is 1.80. The van der Waals surface area contributed by atoms with E-state index in [0.29, 0.717) is 13.2 Å². The third kappa shape index (κ3) is 7.45.